The van der Waals surface area contributed by atoms with Gasteiger partial charge in [0.15, 0.2) is 5.82 Å². The predicted octanol–water partition coefficient (Wildman–Crippen LogP) is 4.14. The van der Waals surface area contributed by atoms with E-state index in [0.717, 1.165) is 27.5 Å². The summed E-state index contributed by atoms with van der Waals surface area (Å²) < 4.78 is 14.0. The summed E-state index contributed by atoms with van der Waals surface area (Å²) in [6.45, 7) is 2.31. The molecule has 4 aromatic rings. The third-order valence-corrected chi connectivity index (χ3v) is 4.50. The van der Waals surface area contributed by atoms with Gasteiger partial charge in [0.25, 0.3) is 0 Å². The minimum Gasteiger partial charge on any atom is -0.377 e. The highest BCUT2D eigenvalue weighted by Gasteiger charge is 2.10. The molecule has 3 aromatic heterocycles. The summed E-state index contributed by atoms with van der Waals surface area (Å²) in [5.41, 5.74) is 1.95. The molecule has 0 spiro atoms. The number of hydrogen-bond donors (Lipinski definition) is 2. The van der Waals surface area contributed by atoms with Gasteiger partial charge in [-0.25, -0.2) is 14.4 Å². The molecule has 3 heterocycles. The van der Waals surface area contributed by atoms with Crippen molar-refractivity contribution in [2.45, 2.75) is 13.5 Å². The molecule has 5 nitrogen and oxygen atoms in total. The lowest BCUT2D eigenvalue weighted by Gasteiger charge is -2.10. The van der Waals surface area contributed by atoms with E-state index in [0.29, 0.717) is 17.9 Å². The van der Waals surface area contributed by atoms with E-state index in [4.69, 9.17) is 0 Å². The Labute approximate surface area is 141 Å². The SMILES string of the molecule is Cc1cc(NCc2nc(-c3cccs3)n[nH]2)c2cccc(F)c2n1. The summed E-state index contributed by atoms with van der Waals surface area (Å²) >= 11 is 1.59. The molecule has 24 heavy (non-hydrogen) atoms. The molecule has 0 aliphatic heterocycles. The van der Waals surface area contributed by atoms with E-state index in [9.17, 15) is 4.39 Å². The Balaban J connectivity index is 1.60. The molecule has 4 rings (SSSR count). The van der Waals surface area contributed by atoms with Gasteiger partial charge in [0, 0.05) is 16.8 Å². The number of anilines is 1. The molecule has 1 aromatic carbocycles. The molecule has 0 unspecified atom stereocenters. The number of fused-ring (bicyclic) bond motifs is 1. The number of benzene rings is 1. The first-order valence-corrected chi connectivity index (χ1v) is 8.33. The Kier molecular flexibility index (Phi) is 3.70. The van der Waals surface area contributed by atoms with Crippen molar-refractivity contribution in [3.05, 3.63) is 59.1 Å². The fourth-order valence-corrected chi connectivity index (χ4v) is 3.21. The van der Waals surface area contributed by atoms with Crippen LogP contribution in [0.5, 0.6) is 0 Å². The van der Waals surface area contributed by atoms with Gasteiger partial charge in [0.05, 0.1) is 11.4 Å². The Morgan fingerprint density at radius 1 is 1.21 bits per heavy atom. The van der Waals surface area contributed by atoms with Gasteiger partial charge in [0.2, 0.25) is 0 Å². The summed E-state index contributed by atoms with van der Waals surface area (Å²) in [5.74, 6) is 1.08. The molecule has 0 amide bonds. The number of aromatic amines is 1. The maximum absolute atomic E-state index is 14.0. The Morgan fingerprint density at radius 2 is 2.12 bits per heavy atom. The van der Waals surface area contributed by atoms with Crippen LogP contribution in [0, 0.1) is 12.7 Å². The maximum atomic E-state index is 14.0. The first kappa shape index (κ1) is 14.8. The second-order valence-corrected chi connectivity index (χ2v) is 6.33. The van der Waals surface area contributed by atoms with Crippen LogP contribution in [0.2, 0.25) is 0 Å². The van der Waals surface area contributed by atoms with E-state index in [1.165, 1.54) is 6.07 Å². The van der Waals surface area contributed by atoms with Gasteiger partial charge in [0.1, 0.15) is 17.2 Å². The van der Waals surface area contributed by atoms with Crippen LogP contribution in [0.3, 0.4) is 0 Å². The fraction of sp³-hybridized carbons (Fsp3) is 0.118. The molecule has 120 valence electrons. The fourth-order valence-electron chi connectivity index (χ4n) is 2.56. The van der Waals surface area contributed by atoms with E-state index in [1.54, 1.807) is 17.4 Å². The number of rotatable bonds is 4. The molecule has 0 atom stereocenters. The van der Waals surface area contributed by atoms with E-state index >= 15 is 0 Å². The average molecular weight is 339 g/mol. The molecule has 0 aliphatic rings. The van der Waals surface area contributed by atoms with E-state index < -0.39 is 0 Å². The lowest BCUT2D eigenvalue weighted by Crippen LogP contribution is -2.03. The normalized spacial score (nSPS) is 11.1. The second-order valence-electron chi connectivity index (χ2n) is 5.38. The predicted molar refractivity (Wildman–Crippen MR) is 93.5 cm³/mol. The minimum atomic E-state index is -0.320. The lowest BCUT2D eigenvalue weighted by molar-refractivity contribution is 0.636. The van der Waals surface area contributed by atoms with Crippen LogP contribution >= 0.6 is 11.3 Å². The average Bonchev–Trinajstić information content (AvgIpc) is 3.25. The van der Waals surface area contributed by atoms with Crippen LogP contribution in [0.15, 0.2) is 41.8 Å². The number of aromatic nitrogens is 4. The van der Waals surface area contributed by atoms with E-state index in [2.05, 4.69) is 25.5 Å². The Bertz CT molecular complexity index is 994. The van der Waals surface area contributed by atoms with Crippen LogP contribution in [0.1, 0.15) is 11.5 Å². The highest BCUT2D eigenvalue weighted by molar-refractivity contribution is 7.13. The van der Waals surface area contributed by atoms with Gasteiger partial charge >= 0.3 is 0 Å². The number of nitrogens with zero attached hydrogens (tertiary/aromatic N) is 3. The molecule has 2 N–H and O–H groups in total. The van der Waals surface area contributed by atoms with Crippen LogP contribution in [0.4, 0.5) is 10.1 Å². The summed E-state index contributed by atoms with van der Waals surface area (Å²) in [7, 11) is 0. The van der Waals surface area contributed by atoms with Gasteiger partial charge in [-0.2, -0.15) is 5.10 Å². The molecular formula is C17H14FN5S. The summed E-state index contributed by atoms with van der Waals surface area (Å²) in [6.07, 6.45) is 0. The highest BCUT2D eigenvalue weighted by atomic mass is 32.1. The standard InChI is InChI=1S/C17H14FN5S/c1-10-8-13(11-4-2-5-12(18)16(11)20-10)19-9-15-21-17(23-22-15)14-6-3-7-24-14/h2-8H,9H2,1H3,(H,19,20)(H,21,22,23). The Hall–Kier alpha value is -2.80. The molecule has 0 saturated heterocycles. The second kappa shape index (κ2) is 6.01. The van der Waals surface area contributed by atoms with Crippen molar-refractivity contribution in [3.8, 4) is 10.7 Å². The summed E-state index contributed by atoms with van der Waals surface area (Å²) in [5, 5.41) is 13.2. The maximum Gasteiger partial charge on any atom is 0.191 e. The van der Waals surface area contributed by atoms with Crippen molar-refractivity contribution < 1.29 is 4.39 Å². The number of hydrogen-bond acceptors (Lipinski definition) is 5. The molecular weight excluding hydrogens is 325 g/mol. The van der Waals surface area contributed by atoms with Gasteiger partial charge in [-0.3, -0.25) is 5.10 Å². The van der Waals surface area contributed by atoms with Crippen LogP contribution in [0.25, 0.3) is 21.6 Å². The third-order valence-electron chi connectivity index (χ3n) is 3.64. The van der Waals surface area contributed by atoms with Crippen molar-refractivity contribution in [2.75, 3.05) is 5.32 Å². The van der Waals surface area contributed by atoms with E-state index in [1.807, 2.05) is 36.6 Å². The van der Waals surface area contributed by atoms with E-state index in [-0.39, 0.29) is 5.82 Å². The molecule has 0 bridgehead atoms. The number of nitrogens with one attached hydrogen (secondary N) is 2. The number of H-pyrrole nitrogens is 1. The summed E-state index contributed by atoms with van der Waals surface area (Å²) in [6, 6.07) is 10.8. The van der Waals surface area contributed by atoms with Crippen molar-refractivity contribution in [3.63, 3.8) is 0 Å². The number of thiophene rings is 1. The largest absolute Gasteiger partial charge is 0.377 e. The van der Waals surface area contributed by atoms with Crippen LogP contribution in [-0.4, -0.2) is 20.2 Å². The monoisotopic (exact) mass is 339 g/mol. The first-order chi connectivity index (χ1) is 11.7. The van der Waals surface area contributed by atoms with Crippen LogP contribution in [-0.2, 0) is 6.54 Å². The zero-order valence-electron chi connectivity index (χ0n) is 12.9. The van der Waals surface area contributed by atoms with Gasteiger partial charge < -0.3 is 5.32 Å². The number of para-hydroxylation sites is 1. The summed E-state index contributed by atoms with van der Waals surface area (Å²) in [4.78, 5) is 9.78. The lowest BCUT2D eigenvalue weighted by atomic mass is 10.1. The highest BCUT2D eigenvalue weighted by Crippen LogP contribution is 2.25. The molecule has 0 fully saturated rings. The number of aryl methyl sites for hydroxylation is 1. The first-order valence-electron chi connectivity index (χ1n) is 7.45. The molecule has 0 radical (unpaired) electrons. The Morgan fingerprint density at radius 3 is 2.96 bits per heavy atom. The molecule has 7 heteroatoms. The van der Waals surface area contributed by atoms with Gasteiger partial charge in [-0.15, -0.1) is 11.3 Å². The quantitative estimate of drug-likeness (QED) is 0.586. The third kappa shape index (κ3) is 2.74. The number of pyridine rings is 1. The molecule has 0 aliphatic carbocycles. The zero-order chi connectivity index (χ0) is 16.5. The zero-order valence-corrected chi connectivity index (χ0v) is 13.7. The van der Waals surface area contributed by atoms with Crippen molar-refractivity contribution in [1.29, 1.82) is 0 Å². The van der Waals surface area contributed by atoms with Gasteiger partial charge in [-0.1, -0.05) is 18.2 Å². The minimum absolute atomic E-state index is 0.320. The number of halogens is 1. The van der Waals surface area contributed by atoms with Crippen molar-refractivity contribution in [2.24, 2.45) is 0 Å². The smallest absolute Gasteiger partial charge is 0.191 e. The van der Waals surface area contributed by atoms with Crippen LogP contribution < -0.4 is 5.32 Å². The van der Waals surface area contributed by atoms with Gasteiger partial charge in [-0.05, 0) is 30.5 Å². The molecule has 0 saturated carbocycles. The van der Waals surface area contributed by atoms with Crippen molar-refractivity contribution in [1.82, 2.24) is 20.2 Å². The topological polar surface area (TPSA) is 66.5 Å². The van der Waals surface area contributed by atoms with Crippen molar-refractivity contribution >= 4 is 27.9 Å².